The summed E-state index contributed by atoms with van der Waals surface area (Å²) in [5.74, 6) is 2.04. The summed E-state index contributed by atoms with van der Waals surface area (Å²) >= 11 is 1.58. The number of hydrogen-bond donors (Lipinski definition) is 2. The van der Waals surface area contributed by atoms with Crippen molar-refractivity contribution in [3.05, 3.63) is 60.2 Å². The highest BCUT2D eigenvalue weighted by atomic mass is 32.2. The van der Waals surface area contributed by atoms with Gasteiger partial charge in [-0.05, 0) is 30.2 Å². The Balaban J connectivity index is 1.55. The van der Waals surface area contributed by atoms with E-state index in [1.165, 1.54) is 0 Å². The molecular weight excluding hydrogens is 320 g/mol. The normalized spacial score (nSPS) is 12.2. The summed E-state index contributed by atoms with van der Waals surface area (Å²) in [5, 5.41) is 3.06. The fraction of sp³-hybridized carbons (Fsp3) is 0.278. The lowest BCUT2D eigenvalue weighted by atomic mass is 10.2. The van der Waals surface area contributed by atoms with E-state index in [9.17, 15) is 4.79 Å². The minimum absolute atomic E-state index is 0.0243. The number of hydrogen-bond acceptors (Lipinski definition) is 4. The summed E-state index contributed by atoms with van der Waals surface area (Å²) in [6, 6.07) is 11.7. The highest BCUT2D eigenvalue weighted by Gasteiger charge is 2.16. The molecule has 0 spiro atoms. The molecule has 1 aromatic carbocycles. The number of aromatic nitrogens is 3. The first-order chi connectivity index (χ1) is 11.8. The van der Waals surface area contributed by atoms with Crippen LogP contribution >= 0.6 is 11.8 Å². The topological polar surface area (TPSA) is 70.7 Å². The van der Waals surface area contributed by atoms with Crippen molar-refractivity contribution in [2.75, 3.05) is 5.75 Å². The number of H-pyrrole nitrogens is 1. The van der Waals surface area contributed by atoms with Gasteiger partial charge in [0.2, 0.25) is 5.91 Å². The average molecular weight is 340 g/mol. The van der Waals surface area contributed by atoms with E-state index in [0.29, 0.717) is 5.75 Å². The van der Waals surface area contributed by atoms with Crippen molar-refractivity contribution in [3.8, 4) is 0 Å². The van der Waals surface area contributed by atoms with Gasteiger partial charge in [0.05, 0.1) is 22.8 Å². The molecule has 2 heterocycles. The third-order valence-electron chi connectivity index (χ3n) is 3.71. The second-order valence-electron chi connectivity index (χ2n) is 5.52. The first kappa shape index (κ1) is 16.5. The number of imidazole rings is 1. The van der Waals surface area contributed by atoms with E-state index in [1.807, 2.05) is 49.5 Å². The van der Waals surface area contributed by atoms with Crippen molar-refractivity contribution in [1.82, 2.24) is 20.3 Å². The van der Waals surface area contributed by atoms with Crippen LogP contribution in [-0.4, -0.2) is 26.6 Å². The zero-order valence-electron chi connectivity index (χ0n) is 13.5. The van der Waals surface area contributed by atoms with Crippen molar-refractivity contribution >= 4 is 28.7 Å². The third kappa shape index (κ3) is 4.14. The second-order valence-corrected chi connectivity index (χ2v) is 6.51. The molecule has 0 radical (unpaired) electrons. The van der Waals surface area contributed by atoms with E-state index in [4.69, 9.17) is 0 Å². The van der Waals surface area contributed by atoms with Gasteiger partial charge in [0.25, 0.3) is 0 Å². The molecule has 124 valence electrons. The SMILES string of the molecule is CCC(NC(=O)CSCc1cccnc1)c1nc2ccccc2[nH]1. The molecule has 1 amide bonds. The lowest BCUT2D eigenvalue weighted by Crippen LogP contribution is -2.30. The monoisotopic (exact) mass is 340 g/mol. The molecule has 1 atom stereocenters. The molecule has 3 rings (SSSR count). The predicted octanol–water partition coefficient (Wildman–Crippen LogP) is 3.46. The van der Waals surface area contributed by atoms with E-state index in [0.717, 1.165) is 34.6 Å². The molecule has 0 saturated heterocycles. The van der Waals surface area contributed by atoms with Crippen molar-refractivity contribution in [2.24, 2.45) is 0 Å². The number of amides is 1. The van der Waals surface area contributed by atoms with Gasteiger partial charge < -0.3 is 10.3 Å². The van der Waals surface area contributed by atoms with Gasteiger partial charge in [-0.25, -0.2) is 4.98 Å². The Morgan fingerprint density at radius 1 is 1.29 bits per heavy atom. The molecule has 1 unspecified atom stereocenters. The zero-order valence-corrected chi connectivity index (χ0v) is 14.3. The average Bonchev–Trinajstić information content (AvgIpc) is 3.04. The minimum Gasteiger partial charge on any atom is -0.345 e. The van der Waals surface area contributed by atoms with Crippen LogP contribution in [0.25, 0.3) is 11.0 Å². The molecule has 0 aliphatic heterocycles. The van der Waals surface area contributed by atoms with Crippen LogP contribution in [0.3, 0.4) is 0 Å². The van der Waals surface area contributed by atoms with Crippen LogP contribution in [0, 0.1) is 0 Å². The maximum atomic E-state index is 12.2. The quantitative estimate of drug-likeness (QED) is 0.691. The van der Waals surface area contributed by atoms with E-state index >= 15 is 0 Å². The first-order valence-corrected chi connectivity index (χ1v) is 9.12. The van der Waals surface area contributed by atoms with Crippen molar-refractivity contribution in [3.63, 3.8) is 0 Å². The van der Waals surface area contributed by atoms with Crippen molar-refractivity contribution < 1.29 is 4.79 Å². The van der Waals surface area contributed by atoms with Crippen LogP contribution in [0.4, 0.5) is 0 Å². The summed E-state index contributed by atoms with van der Waals surface area (Å²) in [7, 11) is 0. The molecular formula is C18H20N4OS. The maximum Gasteiger partial charge on any atom is 0.230 e. The molecule has 0 aliphatic carbocycles. The minimum atomic E-state index is -0.0936. The van der Waals surface area contributed by atoms with Crippen LogP contribution in [-0.2, 0) is 10.5 Å². The zero-order chi connectivity index (χ0) is 16.8. The van der Waals surface area contributed by atoms with Crippen LogP contribution < -0.4 is 5.32 Å². The summed E-state index contributed by atoms with van der Waals surface area (Å²) in [5.41, 5.74) is 3.04. The van der Waals surface area contributed by atoms with Gasteiger partial charge in [-0.1, -0.05) is 25.1 Å². The largest absolute Gasteiger partial charge is 0.345 e. The highest BCUT2D eigenvalue weighted by molar-refractivity contribution is 7.99. The molecule has 2 aromatic heterocycles. The number of pyridine rings is 1. The van der Waals surface area contributed by atoms with Crippen LogP contribution in [0.1, 0.15) is 30.8 Å². The van der Waals surface area contributed by atoms with E-state index in [1.54, 1.807) is 18.0 Å². The molecule has 0 bridgehead atoms. The molecule has 6 heteroatoms. The van der Waals surface area contributed by atoms with E-state index in [-0.39, 0.29) is 11.9 Å². The Labute approximate surface area is 145 Å². The number of benzene rings is 1. The molecule has 0 fully saturated rings. The van der Waals surface area contributed by atoms with Gasteiger partial charge in [0, 0.05) is 18.1 Å². The number of aromatic amines is 1. The summed E-state index contributed by atoms with van der Waals surface area (Å²) in [4.78, 5) is 24.2. The lowest BCUT2D eigenvalue weighted by Gasteiger charge is -2.14. The lowest BCUT2D eigenvalue weighted by molar-refractivity contribution is -0.119. The van der Waals surface area contributed by atoms with E-state index in [2.05, 4.69) is 20.3 Å². The summed E-state index contributed by atoms with van der Waals surface area (Å²) in [6.45, 7) is 2.04. The van der Waals surface area contributed by atoms with Crippen LogP contribution in [0.2, 0.25) is 0 Å². The fourth-order valence-electron chi connectivity index (χ4n) is 2.48. The third-order valence-corrected chi connectivity index (χ3v) is 4.71. The number of rotatable bonds is 7. The van der Waals surface area contributed by atoms with E-state index < -0.39 is 0 Å². The molecule has 3 aromatic rings. The number of carbonyl (C=O) groups excluding carboxylic acids is 1. The molecule has 5 nitrogen and oxygen atoms in total. The van der Waals surface area contributed by atoms with Crippen LogP contribution in [0.5, 0.6) is 0 Å². The predicted molar refractivity (Wildman–Crippen MR) is 97.7 cm³/mol. The van der Waals surface area contributed by atoms with Gasteiger partial charge >= 0.3 is 0 Å². The van der Waals surface area contributed by atoms with Gasteiger partial charge in [0.15, 0.2) is 0 Å². The van der Waals surface area contributed by atoms with Gasteiger partial charge in [0.1, 0.15) is 5.82 Å². The Morgan fingerprint density at radius 2 is 2.17 bits per heavy atom. The Hall–Kier alpha value is -2.34. The standard InChI is InChI=1S/C18H20N4OS/c1-2-14(18-21-15-7-3-4-8-16(15)22-18)20-17(23)12-24-11-13-6-5-9-19-10-13/h3-10,14H,2,11-12H2,1H3,(H,20,23)(H,21,22). The van der Waals surface area contributed by atoms with Crippen molar-refractivity contribution in [1.29, 1.82) is 0 Å². The molecule has 0 saturated carbocycles. The van der Waals surface area contributed by atoms with Gasteiger partial charge in [-0.2, -0.15) is 0 Å². The number of fused-ring (bicyclic) bond motifs is 1. The molecule has 2 N–H and O–H groups in total. The van der Waals surface area contributed by atoms with Crippen molar-refractivity contribution in [2.45, 2.75) is 25.1 Å². The molecule has 24 heavy (non-hydrogen) atoms. The Bertz CT molecular complexity index is 770. The number of nitrogens with one attached hydrogen (secondary N) is 2. The summed E-state index contributed by atoms with van der Waals surface area (Å²) < 4.78 is 0. The Kier molecular flexibility index (Phi) is 5.48. The van der Waals surface area contributed by atoms with Crippen LogP contribution in [0.15, 0.2) is 48.8 Å². The highest BCUT2D eigenvalue weighted by Crippen LogP contribution is 2.18. The Morgan fingerprint density at radius 3 is 2.92 bits per heavy atom. The number of carbonyl (C=O) groups is 1. The maximum absolute atomic E-state index is 12.2. The number of nitrogens with zero attached hydrogens (tertiary/aromatic N) is 2. The first-order valence-electron chi connectivity index (χ1n) is 7.97. The fourth-order valence-corrected chi connectivity index (χ4v) is 3.26. The second kappa shape index (κ2) is 7.97. The number of thioether (sulfide) groups is 1. The van der Waals surface area contributed by atoms with Gasteiger partial charge in [-0.3, -0.25) is 9.78 Å². The smallest absolute Gasteiger partial charge is 0.230 e. The molecule has 0 aliphatic rings. The van der Waals surface area contributed by atoms with Gasteiger partial charge in [-0.15, -0.1) is 11.8 Å². The summed E-state index contributed by atoms with van der Waals surface area (Å²) in [6.07, 6.45) is 4.37. The number of para-hydroxylation sites is 2.